The second kappa shape index (κ2) is 12.0. The number of hydrogen-bond donors (Lipinski definition) is 2. The number of phenols is 1. The van der Waals surface area contributed by atoms with Crippen LogP contribution in [0.5, 0.6) is 11.5 Å². The van der Waals surface area contributed by atoms with Crippen LogP contribution in [0.25, 0.3) is 11.0 Å². The van der Waals surface area contributed by atoms with E-state index in [-0.39, 0.29) is 29.8 Å². The molecule has 0 radical (unpaired) electrons. The summed E-state index contributed by atoms with van der Waals surface area (Å²) >= 11 is 3.98. The molecule has 3 N–H and O–H groups in total. The number of esters is 1. The quantitative estimate of drug-likeness (QED) is 0.0855. The fraction of sp³-hybridized carbons (Fsp3) is 0.320. The van der Waals surface area contributed by atoms with Crippen LogP contribution in [-0.2, 0) is 16.0 Å². The summed E-state index contributed by atoms with van der Waals surface area (Å²) in [5.74, 6) is 0.0724. The normalized spacial score (nSPS) is 11.0. The molecule has 0 bridgehead atoms. The number of phenolic OH excluding ortho intramolecular Hbond substituents is 1. The van der Waals surface area contributed by atoms with Crippen LogP contribution in [0.15, 0.2) is 34.7 Å². The second-order valence-electron chi connectivity index (χ2n) is 7.93. The number of ketones is 1. The van der Waals surface area contributed by atoms with Gasteiger partial charge in [-0.25, -0.2) is 0 Å². The summed E-state index contributed by atoms with van der Waals surface area (Å²) < 4.78 is 12.6. The van der Waals surface area contributed by atoms with E-state index < -0.39 is 0 Å². The highest BCUT2D eigenvalue weighted by atomic mass is 127. The second-order valence-corrected chi connectivity index (χ2v) is 10.3. The number of unbranched alkanes of at least 4 members (excludes halogenated alkanes) is 2. The molecular formula is C25H25I2NO6. The Balaban J connectivity index is 1.98. The highest BCUT2D eigenvalue weighted by Gasteiger charge is 2.24. The van der Waals surface area contributed by atoms with Crippen LogP contribution >= 0.6 is 45.2 Å². The number of benzene rings is 2. The molecule has 0 atom stereocenters. The molecule has 0 fully saturated rings. The number of ether oxygens (including phenoxy) is 1. The Kier molecular flexibility index (Phi) is 9.34. The lowest BCUT2D eigenvalue weighted by Gasteiger charge is -2.07. The average Bonchev–Trinajstić information content (AvgIpc) is 3.15. The third-order valence-corrected chi connectivity index (χ3v) is 6.93. The molecule has 0 saturated heterocycles. The summed E-state index contributed by atoms with van der Waals surface area (Å²) in [5.41, 5.74) is 6.54. The number of halogens is 2. The van der Waals surface area contributed by atoms with E-state index in [0.717, 1.165) is 12.8 Å². The SMILES string of the molecule is CCCCC(=O)Oc1ccc2c(C(=O)c3cc(I)c(O)c(I)c3)c(CCCCC(N)=O)oc2c1. The summed E-state index contributed by atoms with van der Waals surface area (Å²) in [6.45, 7) is 2.00. The molecule has 3 aromatic rings. The van der Waals surface area contributed by atoms with E-state index in [0.29, 0.717) is 66.4 Å². The highest BCUT2D eigenvalue weighted by molar-refractivity contribution is 14.1. The molecule has 0 aliphatic rings. The standard InChI is InChI=1S/C25H25I2NO6/c1-2-3-8-22(30)33-15-9-10-16-20(13-15)34-19(6-4-5-7-21(28)29)23(16)24(31)14-11-17(26)25(32)18(27)12-14/h9-13,32H,2-8H2,1H3,(H2,28,29). The molecule has 2 aromatic carbocycles. The molecule has 0 aliphatic carbocycles. The van der Waals surface area contributed by atoms with Crippen LogP contribution in [-0.4, -0.2) is 22.8 Å². The van der Waals surface area contributed by atoms with Crippen LogP contribution in [0.1, 0.15) is 67.1 Å². The number of rotatable bonds is 11. The fourth-order valence-corrected chi connectivity index (χ4v) is 5.31. The summed E-state index contributed by atoms with van der Waals surface area (Å²) in [5, 5.41) is 10.7. The van der Waals surface area contributed by atoms with Gasteiger partial charge in [-0.3, -0.25) is 14.4 Å². The van der Waals surface area contributed by atoms with Crippen molar-refractivity contribution in [3.05, 3.63) is 54.4 Å². The fourth-order valence-electron chi connectivity index (χ4n) is 3.55. The van der Waals surface area contributed by atoms with Gasteiger partial charge >= 0.3 is 5.97 Å². The number of primary amides is 1. The lowest BCUT2D eigenvalue weighted by Crippen LogP contribution is -2.10. The van der Waals surface area contributed by atoms with Gasteiger partial charge in [0.2, 0.25) is 5.91 Å². The minimum Gasteiger partial charge on any atom is -0.506 e. The van der Waals surface area contributed by atoms with Crippen molar-refractivity contribution in [2.24, 2.45) is 5.73 Å². The molecule has 0 unspecified atom stereocenters. The zero-order chi connectivity index (χ0) is 24.8. The Labute approximate surface area is 224 Å². The molecule has 1 heterocycles. The van der Waals surface area contributed by atoms with Crippen LogP contribution in [0.3, 0.4) is 0 Å². The summed E-state index contributed by atoms with van der Waals surface area (Å²) in [6.07, 6.45) is 3.88. The van der Waals surface area contributed by atoms with Crippen molar-refractivity contribution in [1.29, 1.82) is 0 Å². The maximum atomic E-state index is 13.6. The number of fused-ring (bicyclic) bond motifs is 1. The van der Waals surface area contributed by atoms with Crippen molar-refractivity contribution >= 4 is 73.8 Å². The van der Waals surface area contributed by atoms with Crippen molar-refractivity contribution in [2.75, 3.05) is 0 Å². The Hall–Kier alpha value is -2.15. The van der Waals surface area contributed by atoms with Crippen molar-refractivity contribution in [3.8, 4) is 11.5 Å². The van der Waals surface area contributed by atoms with Crippen LogP contribution in [0.4, 0.5) is 0 Å². The van der Waals surface area contributed by atoms with Crippen LogP contribution in [0, 0.1) is 7.14 Å². The van der Waals surface area contributed by atoms with E-state index in [2.05, 4.69) is 0 Å². The first-order valence-electron chi connectivity index (χ1n) is 11.0. The van der Waals surface area contributed by atoms with Gasteiger partial charge in [-0.1, -0.05) is 13.3 Å². The molecular weight excluding hydrogens is 664 g/mol. The predicted molar refractivity (Wildman–Crippen MR) is 145 cm³/mol. The van der Waals surface area contributed by atoms with Gasteiger partial charge in [-0.05, 0) is 88.7 Å². The van der Waals surface area contributed by atoms with E-state index in [1.165, 1.54) is 0 Å². The Bertz CT molecular complexity index is 1210. The molecule has 1 amide bonds. The maximum Gasteiger partial charge on any atom is 0.311 e. The van der Waals surface area contributed by atoms with Crippen LogP contribution < -0.4 is 10.5 Å². The van der Waals surface area contributed by atoms with E-state index in [4.69, 9.17) is 14.9 Å². The van der Waals surface area contributed by atoms with Crippen molar-refractivity contribution in [1.82, 2.24) is 0 Å². The molecule has 0 aliphatic heterocycles. The molecule has 3 rings (SSSR count). The van der Waals surface area contributed by atoms with Gasteiger partial charge in [-0.2, -0.15) is 0 Å². The average molecular weight is 689 g/mol. The molecule has 9 heteroatoms. The number of hydrogen-bond acceptors (Lipinski definition) is 6. The van der Waals surface area contributed by atoms with E-state index in [1.807, 2.05) is 52.1 Å². The number of nitrogens with two attached hydrogens (primary N) is 1. The minimum absolute atomic E-state index is 0.135. The van der Waals surface area contributed by atoms with Crippen molar-refractivity contribution in [2.45, 2.75) is 51.9 Å². The molecule has 34 heavy (non-hydrogen) atoms. The molecule has 1 aromatic heterocycles. The number of furan rings is 1. The number of carbonyl (C=O) groups excluding carboxylic acids is 3. The number of carbonyl (C=O) groups is 3. The first-order chi connectivity index (χ1) is 16.2. The number of amides is 1. The van der Waals surface area contributed by atoms with Gasteiger partial charge in [0.05, 0.1) is 12.7 Å². The largest absolute Gasteiger partial charge is 0.506 e. The molecule has 7 nitrogen and oxygen atoms in total. The molecule has 0 saturated carbocycles. The lowest BCUT2D eigenvalue weighted by atomic mass is 9.98. The first-order valence-corrected chi connectivity index (χ1v) is 13.1. The minimum atomic E-state index is -0.372. The zero-order valence-electron chi connectivity index (χ0n) is 18.7. The molecule has 0 spiro atoms. The predicted octanol–water partition coefficient (Wildman–Crippen LogP) is 5.87. The Morgan fingerprint density at radius 1 is 1.03 bits per heavy atom. The summed E-state index contributed by atoms with van der Waals surface area (Å²) in [7, 11) is 0. The number of aromatic hydroxyl groups is 1. The Morgan fingerprint density at radius 3 is 2.38 bits per heavy atom. The molecule has 180 valence electrons. The van der Waals surface area contributed by atoms with E-state index in [9.17, 15) is 19.5 Å². The number of aryl methyl sites for hydroxylation is 1. The van der Waals surface area contributed by atoms with Gasteiger partial charge in [0, 0.05) is 36.3 Å². The third kappa shape index (κ3) is 6.49. The lowest BCUT2D eigenvalue weighted by molar-refractivity contribution is -0.134. The summed E-state index contributed by atoms with van der Waals surface area (Å²) in [4.78, 5) is 36.7. The smallest absolute Gasteiger partial charge is 0.311 e. The first kappa shape index (κ1) is 26.5. The van der Waals surface area contributed by atoms with Gasteiger partial charge in [0.1, 0.15) is 22.8 Å². The van der Waals surface area contributed by atoms with Gasteiger partial charge in [0.25, 0.3) is 0 Å². The topological polar surface area (TPSA) is 120 Å². The monoisotopic (exact) mass is 689 g/mol. The van der Waals surface area contributed by atoms with Crippen LogP contribution in [0.2, 0.25) is 0 Å². The maximum absolute atomic E-state index is 13.6. The van der Waals surface area contributed by atoms with Crippen molar-refractivity contribution < 1.29 is 28.6 Å². The zero-order valence-corrected chi connectivity index (χ0v) is 23.0. The summed E-state index contributed by atoms with van der Waals surface area (Å²) in [6, 6.07) is 8.27. The van der Waals surface area contributed by atoms with Crippen molar-refractivity contribution in [3.63, 3.8) is 0 Å². The third-order valence-electron chi connectivity index (χ3n) is 5.28. The van der Waals surface area contributed by atoms with Gasteiger partial charge in [0.15, 0.2) is 5.78 Å². The highest BCUT2D eigenvalue weighted by Crippen LogP contribution is 2.34. The van der Waals surface area contributed by atoms with Gasteiger partial charge in [-0.15, -0.1) is 0 Å². The Morgan fingerprint density at radius 2 is 1.74 bits per heavy atom. The van der Waals surface area contributed by atoms with Gasteiger partial charge < -0.3 is 20.0 Å². The van der Waals surface area contributed by atoms with E-state index in [1.54, 1.807) is 30.3 Å². The van der Waals surface area contributed by atoms with E-state index >= 15 is 0 Å².